The van der Waals surface area contributed by atoms with Crippen molar-refractivity contribution in [3.8, 4) is 5.75 Å². The standard InChI is InChI=1S/C20H20N2O2/c1-3-15-6-4-7-16(12-15)24-13-19(23)22-18-10-9-14(2)20-17(18)8-5-11-21-20/h4-12H,3,13H2,1-2H3,(H,22,23). The van der Waals surface area contributed by atoms with Crippen LogP contribution in [0, 0.1) is 6.92 Å². The number of pyridine rings is 1. The molecule has 24 heavy (non-hydrogen) atoms. The van der Waals surface area contributed by atoms with Crippen LogP contribution in [0.5, 0.6) is 5.75 Å². The Balaban J connectivity index is 1.70. The van der Waals surface area contributed by atoms with E-state index in [1.165, 1.54) is 5.56 Å². The number of fused-ring (bicyclic) bond motifs is 1. The third kappa shape index (κ3) is 3.54. The van der Waals surface area contributed by atoms with Crippen LogP contribution in [0.25, 0.3) is 10.9 Å². The van der Waals surface area contributed by atoms with Crippen LogP contribution in [0.4, 0.5) is 5.69 Å². The van der Waals surface area contributed by atoms with E-state index in [2.05, 4.69) is 17.2 Å². The van der Waals surface area contributed by atoms with Crippen molar-refractivity contribution in [3.63, 3.8) is 0 Å². The molecular formula is C20H20N2O2. The van der Waals surface area contributed by atoms with Crippen molar-refractivity contribution in [2.45, 2.75) is 20.3 Å². The third-order valence-corrected chi connectivity index (χ3v) is 3.92. The monoisotopic (exact) mass is 320 g/mol. The Morgan fingerprint density at radius 1 is 1.17 bits per heavy atom. The molecule has 1 amide bonds. The number of hydrogen-bond donors (Lipinski definition) is 1. The van der Waals surface area contributed by atoms with E-state index in [1.807, 2.05) is 55.5 Å². The van der Waals surface area contributed by atoms with Crippen LogP contribution >= 0.6 is 0 Å². The zero-order valence-electron chi connectivity index (χ0n) is 13.9. The lowest BCUT2D eigenvalue weighted by Crippen LogP contribution is -2.20. The second kappa shape index (κ2) is 7.13. The summed E-state index contributed by atoms with van der Waals surface area (Å²) in [6, 6.07) is 15.5. The number of amides is 1. The predicted octanol–water partition coefficient (Wildman–Crippen LogP) is 4.12. The Morgan fingerprint density at radius 2 is 2.04 bits per heavy atom. The Hall–Kier alpha value is -2.88. The number of aryl methyl sites for hydroxylation is 2. The van der Waals surface area contributed by atoms with Gasteiger partial charge in [0.15, 0.2) is 6.61 Å². The van der Waals surface area contributed by atoms with Gasteiger partial charge in [0.2, 0.25) is 0 Å². The first-order chi connectivity index (χ1) is 11.7. The minimum absolute atomic E-state index is 0.0250. The van der Waals surface area contributed by atoms with Crippen molar-refractivity contribution in [2.24, 2.45) is 0 Å². The summed E-state index contributed by atoms with van der Waals surface area (Å²) in [7, 11) is 0. The van der Waals surface area contributed by atoms with E-state index in [9.17, 15) is 4.79 Å². The van der Waals surface area contributed by atoms with Crippen LogP contribution in [0.1, 0.15) is 18.1 Å². The zero-order chi connectivity index (χ0) is 16.9. The fourth-order valence-corrected chi connectivity index (χ4v) is 2.61. The maximum absolute atomic E-state index is 12.2. The van der Waals surface area contributed by atoms with E-state index < -0.39 is 0 Å². The molecule has 122 valence electrons. The molecule has 4 nitrogen and oxygen atoms in total. The Labute approximate surface area is 141 Å². The molecule has 1 N–H and O–H groups in total. The summed E-state index contributed by atoms with van der Waals surface area (Å²) in [6.45, 7) is 4.07. The molecule has 3 rings (SSSR count). The van der Waals surface area contributed by atoms with Gasteiger partial charge in [-0.2, -0.15) is 0 Å². The summed E-state index contributed by atoms with van der Waals surface area (Å²) in [5.74, 6) is 0.519. The number of anilines is 1. The van der Waals surface area contributed by atoms with Crippen LogP contribution in [-0.4, -0.2) is 17.5 Å². The molecule has 0 bridgehead atoms. The number of carbonyl (C=O) groups excluding carboxylic acids is 1. The van der Waals surface area contributed by atoms with Gasteiger partial charge in [0, 0.05) is 11.6 Å². The van der Waals surface area contributed by atoms with E-state index in [-0.39, 0.29) is 12.5 Å². The molecule has 0 atom stereocenters. The molecule has 0 aliphatic carbocycles. The maximum Gasteiger partial charge on any atom is 0.262 e. The molecule has 4 heteroatoms. The number of benzene rings is 2. The highest BCUT2D eigenvalue weighted by molar-refractivity contribution is 6.02. The molecular weight excluding hydrogens is 300 g/mol. The molecule has 0 radical (unpaired) electrons. The lowest BCUT2D eigenvalue weighted by Gasteiger charge is -2.11. The number of nitrogens with zero attached hydrogens (tertiary/aromatic N) is 1. The fraction of sp³-hybridized carbons (Fsp3) is 0.200. The second-order valence-corrected chi connectivity index (χ2v) is 5.67. The Bertz CT molecular complexity index is 874. The van der Waals surface area contributed by atoms with Gasteiger partial charge in [-0.1, -0.05) is 25.1 Å². The number of nitrogens with one attached hydrogen (secondary N) is 1. The number of hydrogen-bond acceptors (Lipinski definition) is 3. The van der Waals surface area contributed by atoms with Crippen LogP contribution in [0.15, 0.2) is 54.7 Å². The van der Waals surface area contributed by atoms with Crippen molar-refractivity contribution in [2.75, 3.05) is 11.9 Å². The van der Waals surface area contributed by atoms with Crippen molar-refractivity contribution in [1.82, 2.24) is 4.98 Å². The van der Waals surface area contributed by atoms with E-state index in [4.69, 9.17) is 4.74 Å². The van der Waals surface area contributed by atoms with Gasteiger partial charge in [0.1, 0.15) is 5.75 Å². The van der Waals surface area contributed by atoms with Gasteiger partial charge in [-0.15, -0.1) is 0 Å². The second-order valence-electron chi connectivity index (χ2n) is 5.67. The number of carbonyl (C=O) groups is 1. The summed E-state index contributed by atoms with van der Waals surface area (Å²) in [5, 5.41) is 3.84. The summed E-state index contributed by atoms with van der Waals surface area (Å²) >= 11 is 0. The number of aromatic nitrogens is 1. The first kappa shape index (κ1) is 16.0. The Morgan fingerprint density at radius 3 is 2.88 bits per heavy atom. The highest BCUT2D eigenvalue weighted by Crippen LogP contribution is 2.24. The van der Waals surface area contributed by atoms with Gasteiger partial charge in [0.05, 0.1) is 11.2 Å². The van der Waals surface area contributed by atoms with E-state index in [0.29, 0.717) is 5.75 Å². The lowest BCUT2D eigenvalue weighted by atomic mass is 10.1. The van der Waals surface area contributed by atoms with Crippen LogP contribution in [0.2, 0.25) is 0 Å². The molecule has 0 aliphatic heterocycles. The van der Waals surface area contributed by atoms with Crippen molar-refractivity contribution in [3.05, 3.63) is 65.9 Å². The molecule has 1 heterocycles. The molecule has 0 saturated heterocycles. The number of rotatable bonds is 5. The molecule has 3 aromatic rings. The van der Waals surface area contributed by atoms with Gasteiger partial charge >= 0.3 is 0 Å². The highest BCUT2D eigenvalue weighted by Gasteiger charge is 2.09. The average molecular weight is 320 g/mol. The van der Waals surface area contributed by atoms with E-state index >= 15 is 0 Å². The van der Waals surface area contributed by atoms with Gasteiger partial charge < -0.3 is 10.1 Å². The first-order valence-electron chi connectivity index (χ1n) is 8.03. The maximum atomic E-state index is 12.2. The smallest absolute Gasteiger partial charge is 0.262 e. The molecule has 0 spiro atoms. The third-order valence-electron chi connectivity index (χ3n) is 3.92. The van der Waals surface area contributed by atoms with Gasteiger partial charge in [-0.25, -0.2) is 0 Å². The molecule has 2 aromatic carbocycles. The topological polar surface area (TPSA) is 51.2 Å². The van der Waals surface area contributed by atoms with Gasteiger partial charge in [0.25, 0.3) is 5.91 Å². The van der Waals surface area contributed by atoms with Crippen molar-refractivity contribution in [1.29, 1.82) is 0 Å². The minimum atomic E-state index is -0.189. The molecule has 1 aromatic heterocycles. The SMILES string of the molecule is CCc1cccc(OCC(=O)Nc2ccc(C)c3ncccc23)c1. The molecule has 0 fully saturated rings. The minimum Gasteiger partial charge on any atom is -0.484 e. The van der Waals surface area contributed by atoms with Crippen LogP contribution < -0.4 is 10.1 Å². The van der Waals surface area contributed by atoms with Crippen LogP contribution in [-0.2, 0) is 11.2 Å². The van der Waals surface area contributed by atoms with Gasteiger partial charge in [-0.3, -0.25) is 9.78 Å². The zero-order valence-corrected chi connectivity index (χ0v) is 13.9. The predicted molar refractivity (Wildman–Crippen MR) is 96.4 cm³/mol. The quantitative estimate of drug-likeness (QED) is 0.769. The summed E-state index contributed by atoms with van der Waals surface area (Å²) < 4.78 is 5.59. The molecule has 0 aliphatic rings. The average Bonchev–Trinajstić information content (AvgIpc) is 2.63. The summed E-state index contributed by atoms with van der Waals surface area (Å²) in [6.07, 6.45) is 2.69. The van der Waals surface area contributed by atoms with Gasteiger partial charge in [-0.05, 0) is 54.8 Å². The molecule has 0 saturated carbocycles. The van der Waals surface area contributed by atoms with Crippen LogP contribution in [0.3, 0.4) is 0 Å². The highest BCUT2D eigenvalue weighted by atomic mass is 16.5. The van der Waals surface area contributed by atoms with Crippen molar-refractivity contribution >= 4 is 22.5 Å². The molecule has 0 unspecified atom stereocenters. The largest absolute Gasteiger partial charge is 0.484 e. The summed E-state index contributed by atoms with van der Waals surface area (Å²) in [4.78, 5) is 16.6. The van der Waals surface area contributed by atoms with E-state index in [1.54, 1.807) is 6.20 Å². The fourth-order valence-electron chi connectivity index (χ4n) is 2.61. The summed E-state index contributed by atoms with van der Waals surface area (Å²) in [5.41, 5.74) is 3.91. The lowest BCUT2D eigenvalue weighted by molar-refractivity contribution is -0.118. The normalized spacial score (nSPS) is 10.6. The number of ether oxygens (including phenoxy) is 1. The van der Waals surface area contributed by atoms with Crippen molar-refractivity contribution < 1.29 is 9.53 Å². The first-order valence-corrected chi connectivity index (χ1v) is 8.03. The Kier molecular flexibility index (Phi) is 4.75. The van der Waals surface area contributed by atoms with E-state index in [0.717, 1.165) is 28.6 Å².